The largest absolute Gasteiger partial charge is 0.325 e. The van der Waals surface area contributed by atoms with Gasteiger partial charge in [0.1, 0.15) is 5.82 Å². The van der Waals surface area contributed by atoms with Crippen LogP contribution < -0.4 is 16.6 Å². The molecule has 1 aromatic carbocycles. The first-order chi connectivity index (χ1) is 7.26. The number of nitrogens with one attached hydrogen (secondary N) is 2. The molecular formula is C10H15FN4. The van der Waals surface area contributed by atoms with Gasteiger partial charge >= 0.3 is 0 Å². The van der Waals surface area contributed by atoms with E-state index >= 15 is 0 Å². The number of nitrogens with two attached hydrogens (primary N) is 1. The molecule has 4 N–H and O–H groups in total. The number of hydrogen-bond donors (Lipinski definition) is 3. The maximum Gasteiger partial charge on any atom is 0.210 e. The molecule has 82 valence electrons. The number of anilines is 1. The van der Waals surface area contributed by atoms with Crippen molar-refractivity contribution in [1.82, 2.24) is 5.43 Å². The van der Waals surface area contributed by atoms with Gasteiger partial charge in [-0.1, -0.05) is 13.0 Å². The summed E-state index contributed by atoms with van der Waals surface area (Å²) in [5.74, 6) is 5.40. The Labute approximate surface area is 88.4 Å². The Bertz CT molecular complexity index is 338. The molecule has 0 unspecified atom stereocenters. The van der Waals surface area contributed by atoms with Crippen molar-refractivity contribution in [2.75, 3.05) is 11.9 Å². The first-order valence-electron chi connectivity index (χ1n) is 4.80. The third-order valence-corrected chi connectivity index (χ3v) is 1.72. The van der Waals surface area contributed by atoms with E-state index in [1.54, 1.807) is 12.1 Å². The molecule has 5 heteroatoms. The van der Waals surface area contributed by atoms with E-state index in [1.807, 2.05) is 6.92 Å². The summed E-state index contributed by atoms with van der Waals surface area (Å²) in [5.41, 5.74) is 3.03. The molecule has 0 fully saturated rings. The van der Waals surface area contributed by atoms with E-state index in [2.05, 4.69) is 15.7 Å². The second-order valence-corrected chi connectivity index (χ2v) is 3.01. The Morgan fingerprint density at radius 3 is 2.93 bits per heavy atom. The van der Waals surface area contributed by atoms with Crippen molar-refractivity contribution in [3.63, 3.8) is 0 Å². The van der Waals surface area contributed by atoms with E-state index in [4.69, 9.17) is 5.84 Å². The highest BCUT2D eigenvalue weighted by atomic mass is 19.1. The van der Waals surface area contributed by atoms with Gasteiger partial charge in [0.25, 0.3) is 0 Å². The number of guanidine groups is 1. The molecule has 0 heterocycles. The minimum absolute atomic E-state index is 0.299. The van der Waals surface area contributed by atoms with Crippen LogP contribution in [0, 0.1) is 5.82 Å². The summed E-state index contributed by atoms with van der Waals surface area (Å²) in [6.07, 6.45) is 0.927. The molecule has 0 bridgehead atoms. The Hall–Kier alpha value is -1.62. The van der Waals surface area contributed by atoms with Crippen LogP contribution in [0.5, 0.6) is 0 Å². The van der Waals surface area contributed by atoms with Gasteiger partial charge in [0.05, 0.1) is 0 Å². The Balaban J connectivity index is 2.66. The fraction of sp³-hybridized carbons (Fsp3) is 0.300. The van der Waals surface area contributed by atoms with Crippen LogP contribution in [0.4, 0.5) is 10.1 Å². The molecule has 0 atom stereocenters. The quantitative estimate of drug-likeness (QED) is 0.306. The Morgan fingerprint density at radius 1 is 1.53 bits per heavy atom. The second-order valence-electron chi connectivity index (χ2n) is 3.01. The monoisotopic (exact) mass is 210 g/mol. The number of hydrogen-bond acceptors (Lipinski definition) is 2. The first kappa shape index (κ1) is 11.5. The fourth-order valence-electron chi connectivity index (χ4n) is 1.05. The molecule has 0 saturated carbocycles. The molecule has 0 aliphatic carbocycles. The van der Waals surface area contributed by atoms with E-state index in [0.717, 1.165) is 6.42 Å². The highest BCUT2D eigenvalue weighted by molar-refractivity contribution is 5.93. The second kappa shape index (κ2) is 5.98. The van der Waals surface area contributed by atoms with Crippen LogP contribution in [-0.2, 0) is 0 Å². The van der Waals surface area contributed by atoms with Crippen molar-refractivity contribution >= 4 is 11.6 Å². The molecule has 1 aromatic rings. The maximum absolute atomic E-state index is 12.8. The average molecular weight is 210 g/mol. The topological polar surface area (TPSA) is 62.4 Å². The van der Waals surface area contributed by atoms with E-state index in [9.17, 15) is 4.39 Å². The van der Waals surface area contributed by atoms with Gasteiger partial charge in [-0.2, -0.15) is 0 Å². The third-order valence-electron chi connectivity index (χ3n) is 1.72. The van der Waals surface area contributed by atoms with Crippen molar-refractivity contribution in [2.45, 2.75) is 13.3 Å². The average Bonchev–Trinajstić information content (AvgIpc) is 2.24. The van der Waals surface area contributed by atoms with Gasteiger partial charge in [0.15, 0.2) is 0 Å². The summed E-state index contributed by atoms with van der Waals surface area (Å²) < 4.78 is 12.8. The molecule has 0 amide bonds. The van der Waals surface area contributed by atoms with Crippen molar-refractivity contribution in [1.29, 1.82) is 0 Å². The van der Waals surface area contributed by atoms with E-state index in [0.29, 0.717) is 18.2 Å². The predicted octanol–water partition coefficient (Wildman–Crippen LogP) is 1.47. The van der Waals surface area contributed by atoms with Gasteiger partial charge in [-0.05, 0) is 24.6 Å². The van der Waals surface area contributed by atoms with Gasteiger partial charge < -0.3 is 5.32 Å². The molecule has 0 saturated heterocycles. The number of halogens is 1. The lowest BCUT2D eigenvalue weighted by atomic mass is 10.3. The zero-order chi connectivity index (χ0) is 11.1. The highest BCUT2D eigenvalue weighted by Crippen LogP contribution is 2.08. The van der Waals surface area contributed by atoms with Gasteiger partial charge in [0, 0.05) is 12.2 Å². The number of benzene rings is 1. The standard InChI is InChI=1S/C10H15FN4/c1-2-6-13-10(15-12)14-9-5-3-4-8(11)7-9/h3-5,7H,2,6,12H2,1H3,(H2,13,14,15). The van der Waals surface area contributed by atoms with Crippen molar-refractivity contribution < 1.29 is 4.39 Å². The number of rotatable bonds is 3. The van der Waals surface area contributed by atoms with Crippen LogP contribution in [-0.4, -0.2) is 12.5 Å². The third kappa shape index (κ3) is 3.95. The van der Waals surface area contributed by atoms with Crippen LogP contribution >= 0.6 is 0 Å². The zero-order valence-corrected chi connectivity index (χ0v) is 8.63. The normalized spacial score (nSPS) is 11.3. The number of aliphatic imine (C=N–C) groups is 1. The Kier molecular flexibility index (Phi) is 4.56. The van der Waals surface area contributed by atoms with Crippen molar-refractivity contribution in [3.8, 4) is 0 Å². The van der Waals surface area contributed by atoms with Crippen LogP contribution in [0.2, 0.25) is 0 Å². The van der Waals surface area contributed by atoms with Crippen LogP contribution in [0.1, 0.15) is 13.3 Å². The molecule has 0 aliphatic heterocycles. The van der Waals surface area contributed by atoms with Gasteiger partial charge in [-0.25, -0.2) is 10.2 Å². The minimum atomic E-state index is -0.299. The summed E-state index contributed by atoms with van der Waals surface area (Å²) >= 11 is 0. The maximum atomic E-state index is 12.8. The van der Waals surface area contributed by atoms with Gasteiger partial charge in [0.2, 0.25) is 5.96 Å². The summed E-state index contributed by atoms with van der Waals surface area (Å²) in [6.45, 7) is 2.68. The number of nitrogens with zero attached hydrogens (tertiary/aromatic N) is 1. The van der Waals surface area contributed by atoms with Crippen molar-refractivity contribution in [2.24, 2.45) is 10.8 Å². The van der Waals surface area contributed by atoms with Gasteiger partial charge in [-0.15, -0.1) is 0 Å². The number of hydrazine groups is 1. The highest BCUT2D eigenvalue weighted by Gasteiger charge is 1.98. The lowest BCUT2D eigenvalue weighted by molar-refractivity contribution is 0.628. The van der Waals surface area contributed by atoms with E-state index in [-0.39, 0.29) is 5.82 Å². The molecule has 0 aliphatic rings. The van der Waals surface area contributed by atoms with E-state index < -0.39 is 0 Å². The molecule has 0 spiro atoms. The van der Waals surface area contributed by atoms with Crippen LogP contribution in [0.3, 0.4) is 0 Å². The summed E-state index contributed by atoms with van der Waals surface area (Å²) in [5, 5.41) is 2.88. The van der Waals surface area contributed by atoms with E-state index in [1.165, 1.54) is 12.1 Å². The SMILES string of the molecule is CCCN=C(NN)Nc1cccc(F)c1. The van der Waals surface area contributed by atoms with Gasteiger partial charge in [-0.3, -0.25) is 10.4 Å². The molecule has 0 aromatic heterocycles. The molecule has 0 radical (unpaired) electrons. The van der Waals surface area contributed by atoms with Crippen LogP contribution in [0.15, 0.2) is 29.3 Å². The predicted molar refractivity (Wildman–Crippen MR) is 59.9 cm³/mol. The molecule has 4 nitrogen and oxygen atoms in total. The zero-order valence-electron chi connectivity index (χ0n) is 8.63. The molecule has 15 heavy (non-hydrogen) atoms. The lowest BCUT2D eigenvalue weighted by Gasteiger charge is -2.08. The molecular weight excluding hydrogens is 195 g/mol. The van der Waals surface area contributed by atoms with Crippen LogP contribution in [0.25, 0.3) is 0 Å². The summed E-state index contributed by atoms with van der Waals surface area (Å²) in [7, 11) is 0. The lowest BCUT2D eigenvalue weighted by Crippen LogP contribution is -2.36. The summed E-state index contributed by atoms with van der Waals surface area (Å²) in [4.78, 5) is 4.13. The smallest absolute Gasteiger partial charge is 0.210 e. The summed E-state index contributed by atoms with van der Waals surface area (Å²) in [6, 6.07) is 6.11. The van der Waals surface area contributed by atoms with Crippen molar-refractivity contribution in [3.05, 3.63) is 30.1 Å². The minimum Gasteiger partial charge on any atom is -0.325 e. The Morgan fingerprint density at radius 2 is 2.33 bits per heavy atom. The first-order valence-corrected chi connectivity index (χ1v) is 4.80. The molecule has 1 rings (SSSR count). The fourth-order valence-corrected chi connectivity index (χ4v) is 1.05.